The molecule has 0 bridgehead atoms. The first-order valence-corrected chi connectivity index (χ1v) is 9.12. The molecule has 21 heavy (non-hydrogen) atoms. The van der Waals surface area contributed by atoms with Gasteiger partial charge in [-0.15, -0.1) is 0 Å². The van der Waals surface area contributed by atoms with Gasteiger partial charge in [0.25, 0.3) is 10.0 Å². The number of hydrogen-bond donors (Lipinski definition) is 1. The molecule has 0 amide bonds. The number of halogens is 1. The molecule has 2 N–H and O–H groups in total. The van der Waals surface area contributed by atoms with E-state index in [4.69, 9.17) is 5.73 Å². The molecule has 1 atom stereocenters. The van der Waals surface area contributed by atoms with Crippen molar-refractivity contribution in [1.82, 2.24) is 0 Å². The first-order chi connectivity index (χ1) is 9.98. The summed E-state index contributed by atoms with van der Waals surface area (Å²) in [4.78, 5) is 0.298. The zero-order chi connectivity index (χ0) is 15.0. The van der Waals surface area contributed by atoms with Crippen molar-refractivity contribution in [3.05, 3.63) is 57.7 Å². The molecule has 1 heterocycles. The summed E-state index contributed by atoms with van der Waals surface area (Å²) in [5.41, 5.74) is 7.74. The molecule has 6 heteroatoms. The number of hydrogen-bond acceptors (Lipinski definition) is 3. The molecule has 1 aliphatic rings. The molecule has 0 saturated carbocycles. The number of benzene rings is 2. The summed E-state index contributed by atoms with van der Waals surface area (Å²) in [6.07, 6.45) is 0.703. The highest BCUT2D eigenvalue weighted by molar-refractivity contribution is 14.1. The molecule has 0 fully saturated rings. The first kappa shape index (κ1) is 14.8. The van der Waals surface area contributed by atoms with E-state index in [1.165, 1.54) is 4.31 Å². The second-order valence-electron chi connectivity index (χ2n) is 5.08. The van der Waals surface area contributed by atoms with Gasteiger partial charge in [-0.3, -0.25) is 4.31 Å². The van der Waals surface area contributed by atoms with Crippen LogP contribution in [-0.2, 0) is 16.4 Å². The number of nitrogens with two attached hydrogens (primary N) is 1. The fraction of sp³-hybridized carbons (Fsp3) is 0.200. The fourth-order valence-corrected chi connectivity index (χ4v) is 4.47. The van der Waals surface area contributed by atoms with Crippen LogP contribution in [0.1, 0.15) is 5.56 Å². The molecular weight excluding hydrogens is 399 g/mol. The Kier molecular flexibility index (Phi) is 3.94. The molecule has 110 valence electrons. The summed E-state index contributed by atoms with van der Waals surface area (Å²) in [5, 5.41) is 0. The van der Waals surface area contributed by atoms with Gasteiger partial charge in [-0.05, 0) is 64.9 Å². The molecular formula is C15H15IN2O2S. The lowest BCUT2D eigenvalue weighted by Gasteiger charge is -2.33. The Labute approximate surface area is 138 Å². The molecule has 0 aliphatic carbocycles. The Hall–Kier alpha value is -1.12. The maximum absolute atomic E-state index is 12.9. The summed E-state index contributed by atoms with van der Waals surface area (Å²) in [5.74, 6) is 0. The monoisotopic (exact) mass is 414 g/mol. The molecule has 3 rings (SSSR count). The van der Waals surface area contributed by atoms with Crippen LogP contribution in [0.3, 0.4) is 0 Å². The van der Waals surface area contributed by atoms with Crippen LogP contribution in [0, 0.1) is 3.57 Å². The third kappa shape index (κ3) is 2.79. The SMILES string of the molecule is NC1Cc2ccccc2N(S(=O)(=O)c2ccc(I)cc2)C1. The summed E-state index contributed by atoms with van der Waals surface area (Å²) in [6.45, 7) is 0.311. The fourth-order valence-electron chi connectivity index (χ4n) is 2.55. The lowest BCUT2D eigenvalue weighted by atomic mass is 10.0. The van der Waals surface area contributed by atoms with Crippen LogP contribution in [0.5, 0.6) is 0 Å². The zero-order valence-corrected chi connectivity index (χ0v) is 14.2. The van der Waals surface area contributed by atoms with Gasteiger partial charge in [-0.1, -0.05) is 18.2 Å². The van der Waals surface area contributed by atoms with Gasteiger partial charge in [-0.25, -0.2) is 8.42 Å². The number of para-hydroxylation sites is 1. The molecule has 1 unspecified atom stereocenters. The van der Waals surface area contributed by atoms with Gasteiger partial charge in [0, 0.05) is 16.2 Å². The lowest BCUT2D eigenvalue weighted by Crippen LogP contribution is -2.46. The number of sulfonamides is 1. The Morgan fingerprint density at radius 1 is 1.10 bits per heavy atom. The van der Waals surface area contributed by atoms with Crippen molar-refractivity contribution in [3.63, 3.8) is 0 Å². The highest BCUT2D eigenvalue weighted by Gasteiger charge is 2.31. The van der Waals surface area contributed by atoms with Crippen molar-refractivity contribution in [1.29, 1.82) is 0 Å². The first-order valence-electron chi connectivity index (χ1n) is 6.60. The van der Waals surface area contributed by atoms with Gasteiger partial charge < -0.3 is 5.73 Å². The van der Waals surface area contributed by atoms with E-state index >= 15 is 0 Å². The minimum atomic E-state index is -3.58. The topological polar surface area (TPSA) is 63.4 Å². The minimum absolute atomic E-state index is 0.182. The average Bonchev–Trinajstić information content (AvgIpc) is 2.46. The normalized spacial score (nSPS) is 18.4. The second kappa shape index (κ2) is 5.58. The summed E-state index contributed by atoms with van der Waals surface area (Å²) < 4.78 is 28.2. The van der Waals surface area contributed by atoms with Crippen LogP contribution < -0.4 is 10.0 Å². The van der Waals surface area contributed by atoms with E-state index in [-0.39, 0.29) is 6.04 Å². The average molecular weight is 414 g/mol. The molecule has 2 aromatic carbocycles. The molecule has 0 aromatic heterocycles. The van der Waals surface area contributed by atoms with Crippen molar-refractivity contribution >= 4 is 38.3 Å². The lowest BCUT2D eigenvalue weighted by molar-refractivity contribution is 0.575. The van der Waals surface area contributed by atoms with Gasteiger partial charge in [0.05, 0.1) is 10.6 Å². The predicted octanol–water partition coefficient (Wildman–Crippen LogP) is 2.37. The van der Waals surface area contributed by atoms with Gasteiger partial charge >= 0.3 is 0 Å². The van der Waals surface area contributed by atoms with Gasteiger partial charge in [-0.2, -0.15) is 0 Å². The van der Waals surface area contributed by atoms with Crippen molar-refractivity contribution < 1.29 is 8.42 Å². The zero-order valence-electron chi connectivity index (χ0n) is 11.2. The maximum atomic E-state index is 12.9. The van der Waals surface area contributed by atoms with Gasteiger partial charge in [0.1, 0.15) is 0 Å². The van der Waals surface area contributed by atoms with E-state index in [0.29, 0.717) is 17.9 Å². The highest BCUT2D eigenvalue weighted by Crippen LogP contribution is 2.31. The summed E-state index contributed by atoms with van der Waals surface area (Å²) in [6, 6.07) is 14.2. The van der Waals surface area contributed by atoms with Crippen LogP contribution >= 0.6 is 22.6 Å². The predicted molar refractivity (Wildman–Crippen MR) is 91.8 cm³/mol. The summed E-state index contributed by atoms with van der Waals surface area (Å²) in [7, 11) is -3.58. The van der Waals surface area contributed by atoms with Crippen LogP contribution in [0.4, 0.5) is 5.69 Å². The third-order valence-electron chi connectivity index (χ3n) is 3.54. The Morgan fingerprint density at radius 2 is 1.76 bits per heavy atom. The Morgan fingerprint density at radius 3 is 2.48 bits per heavy atom. The quantitative estimate of drug-likeness (QED) is 0.768. The van der Waals surface area contributed by atoms with Crippen molar-refractivity contribution in [2.75, 3.05) is 10.8 Å². The van der Waals surface area contributed by atoms with Crippen LogP contribution in [-0.4, -0.2) is 21.0 Å². The Bertz CT molecular complexity index is 759. The maximum Gasteiger partial charge on any atom is 0.264 e. The molecule has 0 radical (unpaired) electrons. The summed E-state index contributed by atoms with van der Waals surface area (Å²) >= 11 is 2.15. The van der Waals surface area contributed by atoms with Gasteiger partial charge in [0.2, 0.25) is 0 Å². The van der Waals surface area contributed by atoms with E-state index in [9.17, 15) is 8.42 Å². The molecule has 4 nitrogen and oxygen atoms in total. The minimum Gasteiger partial charge on any atom is -0.326 e. The second-order valence-corrected chi connectivity index (χ2v) is 8.19. The highest BCUT2D eigenvalue weighted by atomic mass is 127. The van der Waals surface area contributed by atoms with E-state index in [2.05, 4.69) is 22.6 Å². The number of fused-ring (bicyclic) bond motifs is 1. The number of rotatable bonds is 2. The standard InChI is InChI=1S/C15H15IN2O2S/c16-12-5-7-14(8-6-12)21(19,20)18-10-13(17)9-11-3-1-2-4-15(11)18/h1-8,13H,9-10,17H2. The van der Waals surface area contributed by atoms with E-state index in [1.54, 1.807) is 24.3 Å². The van der Waals surface area contributed by atoms with Crippen LogP contribution in [0.2, 0.25) is 0 Å². The van der Waals surface area contributed by atoms with Crippen molar-refractivity contribution in [2.45, 2.75) is 17.4 Å². The van der Waals surface area contributed by atoms with E-state index < -0.39 is 10.0 Å². The molecule has 2 aromatic rings. The van der Waals surface area contributed by atoms with Crippen molar-refractivity contribution in [3.8, 4) is 0 Å². The number of anilines is 1. The molecule has 1 aliphatic heterocycles. The number of nitrogens with zero attached hydrogens (tertiary/aromatic N) is 1. The van der Waals surface area contributed by atoms with Gasteiger partial charge in [0.15, 0.2) is 0 Å². The largest absolute Gasteiger partial charge is 0.326 e. The van der Waals surface area contributed by atoms with Crippen molar-refractivity contribution in [2.24, 2.45) is 5.73 Å². The van der Waals surface area contributed by atoms with Crippen LogP contribution in [0.15, 0.2) is 53.4 Å². The Balaban J connectivity index is 2.09. The van der Waals surface area contributed by atoms with Crippen LogP contribution in [0.25, 0.3) is 0 Å². The molecule has 0 saturated heterocycles. The van der Waals surface area contributed by atoms with E-state index in [0.717, 1.165) is 14.8 Å². The molecule has 0 spiro atoms. The smallest absolute Gasteiger partial charge is 0.264 e. The third-order valence-corrected chi connectivity index (χ3v) is 6.06. The van der Waals surface area contributed by atoms with E-state index in [1.807, 2.05) is 24.3 Å².